The molecule has 0 radical (unpaired) electrons. The molecular weight excluding hydrogens is 662 g/mol. The van der Waals surface area contributed by atoms with E-state index < -0.39 is 72.4 Å². The molecule has 3 saturated heterocycles. The van der Waals surface area contributed by atoms with Gasteiger partial charge < -0.3 is 58.3 Å². The van der Waals surface area contributed by atoms with Crippen molar-refractivity contribution in [2.24, 2.45) is 22.7 Å². The maximum Gasteiger partial charge on any atom is 0.288 e. The van der Waals surface area contributed by atoms with Crippen LogP contribution in [0.2, 0.25) is 0 Å². The van der Waals surface area contributed by atoms with Crippen molar-refractivity contribution in [2.75, 3.05) is 34.4 Å². The number of rotatable bonds is 6. The average Bonchev–Trinajstić information content (AvgIpc) is 3.35. The molecule has 14 nitrogen and oxygen atoms in total. The highest BCUT2D eigenvalue weighted by molar-refractivity contribution is 5.87. The molecule has 3 fully saturated rings. The number of likely N-dealkylation sites (N-methyl/N-ethyl adjacent to an activating group) is 2. The summed E-state index contributed by atoms with van der Waals surface area (Å²) in [7, 11) is 5.22. The molecule has 294 valence electrons. The molecule has 4 aliphatic heterocycles. The number of amides is 1. The first-order valence-corrected chi connectivity index (χ1v) is 18.5. The summed E-state index contributed by atoms with van der Waals surface area (Å²) in [5.74, 6) is -1.61. The highest BCUT2D eigenvalue weighted by atomic mass is 16.7. The van der Waals surface area contributed by atoms with Crippen LogP contribution in [-0.4, -0.2) is 150 Å². The number of amidine groups is 1. The second-order valence-corrected chi connectivity index (χ2v) is 16.1. The van der Waals surface area contributed by atoms with Crippen molar-refractivity contribution in [1.82, 2.24) is 9.80 Å². The third-order valence-electron chi connectivity index (χ3n) is 11.0. The summed E-state index contributed by atoms with van der Waals surface area (Å²) in [5, 5.41) is 34.8. The predicted molar refractivity (Wildman–Crippen MR) is 190 cm³/mol. The topological polar surface area (TPSA) is 161 Å². The monoisotopic (exact) mass is 727 g/mol. The lowest BCUT2D eigenvalue weighted by Gasteiger charge is -2.48. The van der Waals surface area contributed by atoms with E-state index in [0.717, 1.165) is 0 Å². The molecule has 0 spiro atoms. The van der Waals surface area contributed by atoms with Crippen LogP contribution in [-0.2, 0) is 38.0 Å². The van der Waals surface area contributed by atoms with Gasteiger partial charge in [-0.25, -0.2) is 4.99 Å². The van der Waals surface area contributed by atoms with Crippen molar-refractivity contribution in [2.45, 2.75) is 160 Å². The Morgan fingerprint density at radius 3 is 2.35 bits per heavy atom. The van der Waals surface area contributed by atoms with Crippen molar-refractivity contribution in [3.05, 3.63) is 12.2 Å². The van der Waals surface area contributed by atoms with Crippen LogP contribution >= 0.6 is 0 Å². The molecule has 51 heavy (non-hydrogen) atoms. The second kappa shape index (κ2) is 17.1. The zero-order valence-corrected chi connectivity index (χ0v) is 32.7. The molecule has 0 aliphatic carbocycles. The maximum atomic E-state index is 12.9. The SMILES string of the molecule is CO[C@]1(C)C[C@H](O[C@H]2[C@H](C)[C@@H](O[C@@H]3O[C@H](C)C[C@H]4[C@H]3OC(=NC(C)C)N4C)[C@](C)(O)C[C@@H](C)CN(C)C(=O)/C=C/COC(O)[C@@H]2C)O[C@@H](C)[C@@H]1O. The molecule has 1 unspecified atom stereocenters. The Morgan fingerprint density at radius 2 is 1.71 bits per heavy atom. The summed E-state index contributed by atoms with van der Waals surface area (Å²) in [6.45, 7) is 17.3. The zero-order valence-electron chi connectivity index (χ0n) is 32.7. The van der Waals surface area contributed by atoms with Crippen molar-refractivity contribution < 1.29 is 53.3 Å². The van der Waals surface area contributed by atoms with Crippen LogP contribution in [0, 0.1) is 17.8 Å². The first-order valence-electron chi connectivity index (χ1n) is 18.5. The van der Waals surface area contributed by atoms with Crippen molar-refractivity contribution in [3.8, 4) is 0 Å². The lowest BCUT2D eigenvalue weighted by atomic mass is 9.77. The summed E-state index contributed by atoms with van der Waals surface area (Å²) >= 11 is 0. The van der Waals surface area contributed by atoms with E-state index in [0.29, 0.717) is 19.0 Å². The fraction of sp³-hybridized carbons (Fsp3) is 0.892. The molecule has 4 aliphatic rings. The van der Waals surface area contributed by atoms with Gasteiger partial charge in [0.1, 0.15) is 6.10 Å². The number of hydrogen-bond donors (Lipinski definition) is 3. The fourth-order valence-electron chi connectivity index (χ4n) is 8.17. The van der Waals surface area contributed by atoms with Crippen LogP contribution in [0.25, 0.3) is 0 Å². The average molecular weight is 728 g/mol. The largest absolute Gasteiger partial charge is 0.454 e. The summed E-state index contributed by atoms with van der Waals surface area (Å²) in [6.07, 6.45) is -2.77. The van der Waals surface area contributed by atoms with E-state index in [2.05, 4.69) is 0 Å². The molecule has 3 N–H and O–H groups in total. The van der Waals surface area contributed by atoms with Gasteiger partial charge in [0.05, 0.1) is 48.3 Å². The Balaban J connectivity index is 1.76. The normalized spacial score (nSPS) is 46.4. The standard InChI is InChI=1S/C37H65N3O11/c1-20(2)38-35-40(11)26-16-22(4)47-34(30(26)50-35)51-32-23(5)29(49-28-18-37(9,45-12)31(42)25(7)48-28)24(6)33(43)46-15-13-14-27(41)39(10)19-21(3)17-36(32,8)44/h13-14,20-26,28-34,42-44H,15-19H2,1-12H3/b14-13+,38-35?/t21-,22-,23+,24-,25+,26+,28+,29+,30-,31+,32-,33?,34+,36-,37-/m1/s1. The van der Waals surface area contributed by atoms with Gasteiger partial charge in [0.2, 0.25) is 5.91 Å². The summed E-state index contributed by atoms with van der Waals surface area (Å²) < 4.78 is 44.3. The molecule has 14 heteroatoms. The number of nitrogens with zero attached hydrogens (tertiary/aromatic N) is 3. The summed E-state index contributed by atoms with van der Waals surface area (Å²) in [6, 6.07) is 0.469. The second-order valence-electron chi connectivity index (χ2n) is 16.1. The van der Waals surface area contributed by atoms with Crippen molar-refractivity contribution in [1.29, 1.82) is 0 Å². The zero-order chi connectivity index (χ0) is 38.0. The van der Waals surface area contributed by atoms with Gasteiger partial charge in [-0.2, -0.15) is 0 Å². The van der Waals surface area contributed by atoms with E-state index in [1.807, 2.05) is 53.5 Å². The molecule has 0 aromatic heterocycles. The van der Waals surface area contributed by atoms with Crippen LogP contribution in [0.5, 0.6) is 0 Å². The molecule has 4 heterocycles. The number of aliphatic imine (C=N–C) groups is 1. The van der Waals surface area contributed by atoms with E-state index in [-0.39, 0.29) is 49.5 Å². The summed E-state index contributed by atoms with van der Waals surface area (Å²) in [5.41, 5.74) is -2.44. The van der Waals surface area contributed by atoms with Gasteiger partial charge in [0, 0.05) is 58.1 Å². The number of aliphatic hydroxyl groups is 3. The molecular formula is C37H65N3O11. The third kappa shape index (κ3) is 9.81. The van der Waals surface area contributed by atoms with Gasteiger partial charge in [-0.15, -0.1) is 0 Å². The quantitative estimate of drug-likeness (QED) is 0.368. The number of aliphatic hydroxyl groups excluding tert-OH is 2. The van der Waals surface area contributed by atoms with E-state index in [1.165, 1.54) is 6.08 Å². The first kappa shape index (κ1) is 41.9. The maximum absolute atomic E-state index is 12.9. The van der Waals surface area contributed by atoms with Gasteiger partial charge in [-0.1, -0.05) is 26.8 Å². The van der Waals surface area contributed by atoms with Crippen LogP contribution in [0.1, 0.15) is 81.6 Å². The Kier molecular flexibility index (Phi) is 14.0. The molecule has 0 aromatic carbocycles. The van der Waals surface area contributed by atoms with Gasteiger partial charge in [0.25, 0.3) is 6.02 Å². The van der Waals surface area contributed by atoms with Crippen LogP contribution in [0.15, 0.2) is 17.1 Å². The van der Waals surface area contributed by atoms with Crippen molar-refractivity contribution >= 4 is 11.9 Å². The van der Waals surface area contributed by atoms with E-state index in [9.17, 15) is 20.1 Å². The lowest BCUT2D eigenvalue weighted by molar-refractivity contribution is -0.320. The summed E-state index contributed by atoms with van der Waals surface area (Å²) in [4.78, 5) is 21.2. The number of carbonyl (C=O) groups excluding carboxylic acids is 1. The minimum Gasteiger partial charge on any atom is -0.454 e. The Hall–Kier alpha value is -1.88. The molecule has 0 aromatic rings. The van der Waals surface area contributed by atoms with Gasteiger partial charge in [-0.05, 0) is 60.3 Å². The number of hydrogen-bond acceptors (Lipinski definition) is 12. The Labute approximate surface area is 304 Å². The van der Waals surface area contributed by atoms with Crippen molar-refractivity contribution in [3.63, 3.8) is 0 Å². The van der Waals surface area contributed by atoms with E-state index in [1.54, 1.807) is 45.9 Å². The highest BCUT2D eigenvalue weighted by Gasteiger charge is 2.53. The smallest absolute Gasteiger partial charge is 0.288 e. The van der Waals surface area contributed by atoms with Gasteiger partial charge in [-0.3, -0.25) is 4.79 Å². The minimum atomic E-state index is -1.48. The lowest BCUT2D eigenvalue weighted by Crippen LogP contribution is -2.60. The molecule has 4 rings (SSSR count). The number of ether oxygens (including phenoxy) is 7. The molecule has 1 amide bonds. The van der Waals surface area contributed by atoms with E-state index >= 15 is 0 Å². The molecule has 15 atom stereocenters. The number of fused-ring (bicyclic) bond motifs is 1. The highest BCUT2D eigenvalue weighted by Crippen LogP contribution is 2.41. The Morgan fingerprint density at radius 1 is 1.02 bits per heavy atom. The minimum absolute atomic E-state index is 0.00766. The first-order chi connectivity index (χ1) is 23.8. The van der Waals surface area contributed by atoms with Crippen LogP contribution in [0.3, 0.4) is 0 Å². The predicted octanol–water partition coefficient (Wildman–Crippen LogP) is 2.67. The molecule has 0 bridgehead atoms. The third-order valence-corrected chi connectivity index (χ3v) is 11.0. The molecule has 0 saturated carbocycles. The van der Waals surface area contributed by atoms with Crippen LogP contribution in [0.4, 0.5) is 0 Å². The van der Waals surface area contributed by atoms with Crippen LogP contribution < -0.4 is 0 Å². The fourth-order valence-corrected chi connectivity index (χ4v) is 8.17. The van der Waals surface area contributed by atoms with Gasteiger partial charge in [0.15, 0.2) is 25.0 Å². The number of methoxy groups -OCH3 is 1. The Bertz CT molecular complexity index is 1220. The van der Waals surface area contributed by atoms with E-state index in [4.69, 9.17) is 38.2 Å². The number of carbonyl (C=O) groups is 1. The van der Waals surface area contributed by atoms with Gasteiger partial charge >= 0.3 is 0 Å².